The third-order valence-corrected chi connectivity index (χ3v) is 4.00. The first-order valence-corrected chi connectivity index (χ1v) is 7.75. The van der Waals surface area contributed by atoms with Crippen LogP contribution in [-0.4, -0.2) is 40.7 Å². The minimum Gasteiger partial charge on any atom is -0.329 e. The van der Waals surface area contributed by atoms with E-state index in [1.807, 2.05) is 37.3 Å². The summed E-state index contributed by atoms with van der Waals surface area (Å²) in [4.78, 5) is 28.1. The first kappa shape index (κ1) is 15.5. The summed E-state index contributed by atoms with van der Waals surface area (Å²) in [6, 6.07) is 9.47. The molecule has 0 radical (unpaired) electrons. The first-order valence-electron chi connectivity index (χ1n) is 7.75. The number of hydrogen-bond acceptors (Lipinski definition) is 2. The molecule has 0 aromatic heterocycles. The first-order chi connectivity index (χ1) is 10.1. The molecular formula is C17H24N2O2. The van der Waals surface area contributed by atoms with Crippen molar-refractivity contribution in [3.63, 3.8) is 0 Å². The normalized spacial score (nSPS) is 19.2. The van der Waals surface area contributed by atoms with Crippen LogP contribution in [-0.2, 0) is 16.1 Å². The third-order valence-electron chi connectivity index (χ3n) is 4.00. The van der Waals surface area contributed by atoms with Crippen LogP contribution in [0, 0.1) is 0 Å². The molecule has 1 atom stereocenters. The molecule has 1 aromatic rings. The zero-order valence-corrected chi connectivity index (χ0v) is 12.9. The molecule has 2 rings (SSSR count). The van der Waals surface area contributed by atoms with Gasteiger partial charge in [0.2, 0.25) is 11.8 Å². The Bertz CT molecular complexity index is 487. The van der Waals surface area contributed by atoms with Gasteiger partial charge in [-0.05, 0) is 18.9 Å². The maximum absolute atomic E-state index is 12.5. The molecule has 0 unspecified atom stereocenters. The number of rotatable bonds is 6. The van der Waals surface area contributed by atoms with E-state index in [2.05, 4.69) is 6.92 Å². The largest absolute Gasteiger partial charge is 0.329 e. The van der Waals surface area contributed by atoms with Gasteiger partial charge in [0.1, 0.15) is 12.6 Å². The van der Waals surface area contributed by atoms with Gasteiger partial charge in [0, 0.05) is 13.1 Å². The summed E-state index contributed by atoms with van der Waals surface area (Å²) < 4.78 is 0. The molecular weight excluding hydrogens is 264 g/mol. The van der Waals surface area contributed by atoms with E-state index in [1.165, 1.54) is 0 Å². The van der Waals surface area contributed by atoms with Crippen molar-refractivity contribution in [3.05, 3.63) is 35.9 Å². The number of carbonyl (C=O) groups is 2. The number of piperazine rings is 1. The number of nitrogens with zero attached hydrogens (tertiary/aromatic N) is 2. The van der Waals surface area contributed by atoms with E-state index >= 15 is 0 Å². The number of unbranched alkanes of at least 4 members (excludes halogenated alkanes) is 2. The standard InChI is InChI=1S/C17H24N2O2/c1-3-4-8-11-19-14(2)17(21)18(13-16(19)20)12-15-9-6-5-7-10-15/h5-7,9-10,14H,3-4,8,11-13H2,1-2H3/t14-/m1/s1. The van der Waals surface area contributed by atoms with Crippen molar-refractivity contribution in [3.8, 4) is 0 Å². The SMILES string of the molecule is CCCCCN1C(=O)CN(Cc2ccccc2)C(=O)[C@H]1C. The Morgan fingerprint density at radius 2 is 1.86 bits per heavy atom. The molecule has 1 aromatic carbocycles. The van der Waals surface area contributed by atoms with Crippen molar-refractivity contribution in [2.45, 2.75) is 45.7 Å². The van der Waals surface area contributed by atoms with Crippen molar-refractivity contribution >= 4 is 11.8 Å². The molecule has 4 nitrogen and oxygen atoms in total. The topological polar surface area (TPSA) is 40.6 Å². The average Bonchev–Trinajstić information content (AvgIpc) is 2.49. The maximum atomic E-state index is 12.5. The van der Waals surface area contributed by atoms with Crippen LogP contribution in [0.3, 0.4) is 0 Å². The van der Waals surface area contributed by atoms with Gasteiger partial charge in [-0.25, -0.2) is 0 Å². The maximum Gasteiger partial charge on any atom is 0.245 e. The van der Waals surface area contributed by atoms with Gasteiger partial charge in [0.05, 0.1) is 0 Å². The van der Waals surface area contributed by atoms with Crippen LogP contribution in [0.4, 0.5) is 0 Å². The highest BCUT2D eigenvalue weighted by Crippen LogP contribution is 2.16. The molecule has 2 amide bonds. The number of carbonyl (C=O) groups excluding carboxylic acids is 2. The summed E-state index contributed by atoms with van der Waals surface area (Å²) in [6.45, 7) is 5.37. The van der Waals surface area contributed by atoms with E-state index in [1.54, 1.807) is 9.80 Å². The fraction of sp³-hybridized carbons (Fsp3) is 0.529. The van der Waals surface area contributed by atoms with Crippen LogP contribution in [0.15, 0.2) is 30.3 Å². The minimum atomic E-state index is -0.341. The van der Waals surface area contributed by atoms with Crippen LogP contribution in [0.5, 0.6) is 0 Å². The Morgan fingerprint density at radius 3 is 2.52 bits per heavy atom. The van der Waals surface area contributed by atoms with Crippen molar-refractivity contribution in [1.29, 1.82) is 0 Å². The second kappa shape index (κ2) is 7.25. The Hall–Kier alpha value is -1.84. The molecule has 1 aliphatic rings. The zero-order valence-electron chi connectivity index (χ0n) is 12.9. The molecule has 21 heavy (non-hydrogen) atoms. The molecule has 0 spiro atoms. The summed E-state index contributed by atoms with van der Waals surface area (Å²) in [5, 5.41) is 0. The molecule has 0 saturated carbocycles. The molecule has 1 fully saturated rings. The second-order valence-electron chi connectivity index (χ2n) is 5.65. The van der Waals surface area contributed by atoms with Gasteiger partial charge >= 0.3 is 0 Å². The van der Waals surface area contributed by atoms with Crippen molar-refractivity contribution in [2.75, 3.05) is 13.1 Å². The lowest BCUT2D eigenvalue weighted by atomic mass is 10.1. The summed E-state index contributed by atoms with van der Waals surface area (Å²) in [5.41, 5.74) is 1.06. The monoisotopic (exact) mass is 288 g/mol. The van der Waals surface area contributed by atoms with Crippen molar-refractivity contribution in [2.24, 2.45) is 0 Å². The summed E-state index contributed by atoms with van der Waals surface area (Å²) in [5.74, 6) is 0.115. The second-order valence-corrected chi connectivity index (χ2v) is 5.65. The highest BCUT2D eigenvalue weighted by Gasteiger charge is 2.35. The van der Waals surface area contributed by atoms with Crippen molar-refractivity contribution < 1.29 is 9.59 Å². The lowest BCUT2D eigenvalue weighted by Crippen LogP contribution is -2.58. The third kappa shape index (κ3) is 3.84. The van der Waals surface area contributed by atoms with Crippen LogP contribution in [0.1, 0.15) is 38.7 Å². The summed E-state index contributed by atoms with van der Waals surface area (Å²) in [7, 11) is 0. The highest BCUT2D eigenvalue weighted by molar-refractivity contribution is 5.94. The molecule has 0 bridgehead atoms. The Kier molecular flexibility index (Phi) is 5.37. The van der Waals surface area contributed by atoms with Gasteiger partial charge < -0.3 is 9.80 Å². The van der Waals surface area contributed by atoms with E-state index in [4.69, 9.17) is 0 Å². The van der Waals surface area contributed by atoms with Gasteiger partial charge in [-0.1, -0.05) is 50.1 Å². The molecule has 0 aliphatic carbocycles. The smallest absolute Gasteiger partial charge is 0.245 e. The molecule has 1 saturated heterocycles. The quantitative estimate of drug-likeness (QED) is 0.754. The predicted octanol–water partition coefficient (Wildman–Crippen LogP) is 2.44. The fourth-order valence-electron chi connectivity index (χ4n) is 2.73. The van der Waals surface area contributed by atoms with Gasteiger partial charge in [-0.15, -0.1) is 0 Å². The molecule has 1 aliphatic heterocycles. The van der Waals surface area contributed by atoms with Gasteiger partial charge in [0.15, 0.2) is 0 Å². The number of hydrogen-bond donors (Lipinski definition) is 0. The predicted molar refractivity (Wildman–Crippen MR) is 82.6 cm³/mol. The zero-order chi connectivity index (χ0) is 15.2. The average molecular weight is 288 g/mol. The van der Waals surface area contributed by atoms with Gasteiger partial charge in [-0.2, -0.15) is 0 Å². The Balaban J connectivity index is 1.99. The van der Waals surface area contributed by atoms with Crippen LogP contribution < -0.4 is 0 Å². The minimum absolute atomic E-state index is 0.0509. The summed E-state index contributed by atoms with van der Waals surface area (Å²) >= 11 is 0. The van der Waals surface area contributed by atoms with E-state index in [0.29, 0.717) is 13.1 Å². The molecule has 1 heterocycles. The molecule has 114 valence electrons. The van der Waals surface area contributed by atoms with Crippen LogP contribution >= 0.6 is 0 Å². The van der Waals surface area contributed by atoms with E-state index in [-0.39, 0.29) is 24.4 Å². The van der Waals surface area contributed by atoms with Gasteiger partial charge in [-0.3, -0.25) is 9.59 Å². The van der Waals surface area contributed by atoms with Crippen LogP contribution in [0.2, 0.25) is 0 Å². The van der Waals surface area contributed by atoms with E-state index in [9.17, 15) is 9.59 Å². The molecule has 4 heteroatoms. The number of benzene rings is 1. The lowest BCUT2D eigenvalue weighted by Gasteiger charge is -2.38. The van der Waals surface area contributed by atoms with Gasteiger partial charge in [0.25, 0.3) is 0 Å². The van der Waals surface area contributed by atoms with E-state index in [0.717, 1.165) is 24.8 Å². The summed E-state index contributed by atoms with van der Waals surface area (Å²) in [6.07, 6.45) is 3.18. The fourth-order valence-corrected chi connectivity index (χ4v) is 2.73. The lowest BCUT2D eigenvalue weighted by molar-refractivity contribution is -0.155. The van der Waals surface area contributed by atoms with E-state index < -0.39 is 0 Å². The Morgan fingerprint density at radius 1 is 1.14 bits per heavy atom. The number of amides is 2. The Labute approximate surface area is 126 Å². The highest BCUT2D eigenvalue weighted by atomic mass is 16.2. The molecule has 0 N–H and O–H groups in total. The van der Waals surface area contributed by atoms with Crippen molar-refractivity contribution in [1.82, 2.24) is 9.80 Å². The van der Waals surface area contributed by atoms with Crippen LogP contribution in [0.25, 0.3) is 0 Å².